The van der Waals surface area contributed by atoms with Crippen molar-refractivity contribution in [1.29, 1.82) is 0 Å². The molecular weight excluding hydrogens is 176 g/mol. The van der Waals surface area contributed by atoms with Crippen LogP contribution < -0.4 is 5.56 Å². The maximum atomic E-state index is 11.3. The molecule has 0 amide bonds. The minimum atomic E-state index is -0.0269. The van der Waals surface area contributed by atoms with E-state index in [1.807, 2.05) is 6.08 Å². The first kappa shape index (κ1) is 9.19. The first-order valence-corrected chi connectivity index (χ1v) is 5.00. The topological polar surface area (TPSA) is 45.8 Å². The van der Waals surface area contributed by atoms with Crippen LogP contribution in [-0.2, 0) is 6.42 Å². The molecule has 0 radical (unpaired) electrons. The van der Waals surface area contributed by atoms with Crippen molar-refractivity contribution < 1.29 is 0 Å². The number of H-pyrrole nitrogens is 1. The van der Waals surface area contributed by atoms with Gasteiger partial charge in [-0.2, -0.15) is 0 Å². The Balaban J connectivity index is 2.21. The van der Waals surface area contributed by atoms with Crippen molar-refractivity contribution >= 4 is 0 Å². The fourth-order valence-electron chi connectivity index (χ4n) is 1.46. The normalized spacial score (nSPS) is 15.4. The van der Waals surface area contributed by atoms with Gasteiger partial charge in [0.2, 0.25) is 0 Å². The molecule has 14 heavy (non-hydrogen) atoms. The monoisotopic (exact) mass is 190 g/mol. The number of aromatic amines is 1. The first-order chi connectivity index (χ1) is 6.79. The number of nitrogens with one attached hydrogen (secondary N) is 1. The van der Waals surface area contributed by atoms with Gasteiger partial charge in [-0.25, -0.2) is 4.98 Å². The number of rotatable bonds is 4. The number of aryl methyl sites for hydroxylation is 1. The Bertz CT molecular complexity index is 391. The zero-order valence-corrected chi connectivity index (χ0v) is 8.12. The Morgan fingerprint density at radius 2 is 2.43 bits per heavy atom. The largest absolute Gasteiger partial charge is 0.310 e. The molecule has 0 aromatic carbocycles. The van der Waals surface area contributed by atoms with Gasteiger partial charge >= 0.3 is 0 Å². The Kier molecular flexibility index (Phi) is 2.48. The van der Waals surface area contributed by atoms with Crippen molar-refractivity contribution in [2.45, 2.75) is 31.6 Å². The summed E-state index contributed by atoms with van der Waals surface area (Å²) < 4.78 is 0. The Morgan fingerprint density at radius 3 is 3.07 bits per heavy atom. The predicted molar refractivity (Wildman–Crippen MR) is 55.4 cm³/mol. The van der Waals surface area contributed by atoms with Crippen molar-refractivity contribution in [2.24, 2.45) is 0 Å². The van der Waals surface area contributed by atoms with Gasteiger partial charge < -0.3 is 4.98 Å². The molecule has 1 heterocycles. The van der Waals surface area contributed by atoms with Crippen LogP contribution in [0.25, 0.3) is 0 Å². The molecule has 2 rings (SSSR count). The van der Waals surface area contributed by atoms with E-state index in [0.29, 0.717) is 5.92 Å². The highest BCUT2D eigenvalue weighted by Gasteiger charge is 2.26. The number of hydrogen-bond acceptors (Lipinski definition) is 2. The van der Waals surface area contributed by atoms with Crippen LogP contribution in [0.4, 0.5) is 0 Å². The molecule has 1 aromatic rings. The van der Waals surface area contributed by atoms with Crippen LogP contribution in [0.2, 0.25) is 0 Å². The fraction of sp³-hybridized carbons (Fsp3) is 0.455. The molecule has 0 spiro atoms. The van der Waals surface area contributed by atoms with Crippen molar-refractivity contribution in [2.75, 3.05) is 0 Å². The molecular formula is C11H14N2O. The number of aromatic nitrogens is 2. The maximum Gasteiger partial charge on any atom is 0.251 e. The molecule has 0 unspecified atom stereocenters. The molecule has 1 aromatic heterocycles. The summed E-state index contributed by atoms with van der Waals surface area (Å²) in [6.07, 6.45) is 5.86. The van der Waals surface area contributed by atoms with E-state index in [4.69, 9.17) is 0 Å². The smallest absolute Gasteiger partial charge is 0.251 e. The molecule has 0 atom stereocenters. The second-order valence-corrected chi connectivity index (χ2v) is 3.72. The molecule has 3 heteroatoms. The lowest BCUT2D eigenvalue weighted by Crippen LogP contribution is -2.12. The molecule has 0 saturated heterocycles. The van der Waals surface area contributed by atoms with Gasteiger partial charge in [0.05, 0.1) is 0 Å². The standard InChI is InChI=1S/C11H14N2O/c1-2-3-4-9-7-10(14)13-11(12-9)8-5-6-8/h2,7-8H,1,3-6H2,(H,12,13,14). The minimum Gasteiger partial charge on any atom is -0.310 e. The second kappa shape index (κ2) is 3.78. The van der Waals surface area contributed by atoms with Gasteiger partial charge in [-0.1, -0.05) is 6.08 Å². The third-order valence-corrected chi connectivity index (χ3v) is 2.38. The van der Waals surface area contributed by atoms with Gasteiger partial charge in [0, 0.05) is 17.7 Å². The van der Waals surface area contributed by atoms with Gasteiger partial charge in [-0.3, -0.25) is 4.79 Å². The second-order valence-electron chi connectivity index (χ2n) is 3.72. The van der Waals surface area contributed by atoms with Crippen molar-refractivity contribution in [1.82, 2.24) is 9.97 Å². The van der Waals surface area contributed by atoms with E-state index in [1.54, 1.807) is 6.07 Å². The average molecular weight is 190 g/mol. The van der Waals surface area contributed by atoms with Crippen LogP contribution >= 0.6 is 0 Å². The summed E-state index contributed by atoms with van der Waals surface area (Å²) in [4.78, 5) is 18.5. The Hall–Kier alpha value is -1.38. The lowest BCUT2D eigenvalue weighted by atomic mass is 10.2. The number of hydrogen-bond donors (Lipinski definition) is 1. The van der Waals surface area contributed by atoms with E-state index >= 15 is 0 Å². The third-order valence-electron chi connectivity index (χ3n) is 2.38. The van der Waals surface area contributed by atoms with Crippen LogP contribution in [0.1, 0.15) is 36.7 Å². The quantitative estimate of drug-likeness (QED) is 0.735. The molecule has 1 aliphatic rings. The third kappa shape index (κ3) is 2.10. The molecule has 1 fully saturated rings. The predicted octanol–water partition coefficient (Wildman–Crippen LogP) is 1.77. The minimum absolute atomic E-state index is 0.0269. The molecule has 0 aliphatic heterocycles. The summed E-state index contributed by atoms with van der Waals surface area (Å²) in [6, 6.07) is 1.58. The zero-order chi connectivity index (χ0) is 9.97. The van der Waals surface area contributed by atoms with E-state index in [1.165, 1.54) is 0 Å². The Morgan fingerprint density at radius 1 is 1.64 bits per heavy atom. The van der Waals surface area contributed by atoms with Gasteiger partial charge in [-0.05, 0) is 25.7 Å². The maximum absolute atomic E-state index is 11.3. The van der Waals surface area contributed by atoms with Crippen LogP contribution in [0.5, 0.6) is 0 Å². The van der Waals surface area contributed by atoms with E-state index in [9.17, 15) is 4.79 Å². The van der Waals surface area contributed by atoms with E-state index in [2.05, 4.69) is 16.5 Å². The fourth-order valence-corrected chi connectivity index (χ4v) is 1.46. The summed E-state index contributed by atoms with van der Waals surface area (Å²) in [7, 11) is 0. The van der Waals surface area contributed by atoms with E-state index in [0.717, 1.165) is 37.2 Å². The Labute approximate surface area is 82.9 Å². The van der Waals surface area contributed by atoms with Gasteiger partial charge in [-0.15, -0.1) is 6.58 Å². The van der Waals surface area contributed by atoms with Crippen molar-refractivity contribution in [3.63, 3.8) is 0 Å². The zero-order valence-electron chi connectivity index (χ0n) is 8.12. The summed E-state index contributed by atoms with van der Waals surface area (Å²) >= 11 is 0. The number of nitrogens with zero attached hydrogens (tertiary/aromatic N) is 1. The van der Waals surface area contributed by atoms with E-state index in [-0.39, 0.29) is 5.56 Å². The summed E-state index contributed by atoms with van der Waals surface area (Å²) in [5.41, 5.74) is 0.858. The summed E-state index contributed by atoms with van der Waals surface area (Å²) in [5.74, 6) is 1.38. The van der Waals surface area contributed by atoms with E-state index < -0.39 is 0 Å². The molecule has 1 aliphatic carbocycles. The molecule has 3 nitrogen and oxygen atoms in total. The molecule has 1 saturated carbocycles. The lowest BCUT2D eigenvalue weighted by Gasteiger charge is -2.01. The SMILES string of the molecule is C=CCCc1cc(=O)[nH]c(C2CC2)n1. The molecule has 74 valence electrons. The van der Waals surface area contributed by atoms with Crippen LogP contribution in [0.3, 0.4) is 0 Å². The first-order valence-electron chi connectivity index (χ1n) is 5.00. The molecule has 1 N–H and O–H groups in total. The van der Waals surface area contributed by atoms with Gasteiger partial charge in [0.25, 0.3) is 5.56 Å². The highest BCUT2D eigenvalue weighted by molar-refractivity contribution is 5.10. The lowest BCUT2D eigenvalue weighted by molar-refractivity contribution is 0.841. The van der Waals surface area contributed by atoms with Crippen LogP contribution in [-0.4, -0.2) is 9.97 Å². The summed E-state index contributed by atoms with van der Waals surface area (Å²) in [6.45, 7) is 3.65. The number of allylic oxidation sites excluding steroid dienone is 1. The van der Waals surface area contributed by atoms with Crippen LogP contribution in [0, 0.1) is 0 Å². The van der Waals surface area contributed by atoms with Crippen molar-refractivity contribution in [3.8, 4) is 0 Å². The van der Waals surface area contributed by atoms with Gasteiger partial charge in [0.1, 0.15) is 5.82 Å². The summed E-state index contributed by atoms with van der Waals surface area (Å²) in [5, 5.41) is 0. The highest BCUT2D eigenvalue weighted by atomic mass is 16.1. The van der Waals surface area contributed by atoms with Crippen molar-refractivity contribution in [3.05, 3.63) is 40.6 Å². The van der Waals surface area contributed by atoms with Crippen LogP contribution in [0.15, 0.2) is 23.5 Å². The highest BCUT2D eigenvalue weighted by Crippen LogP contribution is 2.37. The molecule has 0 bridgehead atoms. The van der Waals surface area contributed by atoms with Gasteiger partial charge in [0.15, 0.2) is 0 Å². The average Bonchev–Trinajstić information content (AvgIpc) is 2.97.